The zero-order valence-electron chi connectivity index (χ0n) is 11.8. The van der Waals surface area contributed by atoms with Gasteiger partial charge >= 0.3 is 5.69 Å². The normalized spacial score (nSPS) is 29.8. The SMILES string of the molecule is COC1C(CN)OC(n2cc(C)c(N)nc2=O)C1OC. The third kappa shape index (κ3) is 2.42. The third-order valence-corrected chi connectivity index (χ3v) is 3.51. The number of methoxy groups -OCH3 is 2. The number of nitrogens with two attached hydrogens (primary N) is 2. The Kier molecular flexibility index (Phi) is 4.39. The van der Waals surface area contributed by atoms with Crippen molar-refractivity contribution in [3.63, 3.8) is 0 Å². The van der Waals surface area contributed by atoms with Gasteiger partial charge in [0.05, 0.1) is 0 Å². The fourth-order valence-electron chi connectivity index (χ4n) is 2.42. The summed E-state index contributed by atoms with van der Waals surface area (Å²) in [5.41, 5.74) is 11.5. The van der Waals surface area contributed by atoms with E-state index in [0.29, 0.717) is 5.56 Å². The van der Waals surface area contributed by atoms with Crippen LogP contribution in [-0.4, -0.2) is 48.6 Å². The van der Waals surface area contributed by atoms with Gasteiger partial charge in [0.1, 0.15) is 24.1 Å². The van der Waals surface area contributed by atoms with E-state index in [9.17, 15) is 4.79 Å². The first-order valence-corrected chi connectivity index (χ1v) is 6.29. The molecule has 1 aromatic heterocycles. The Morgan fingerprint density at radius 3 is 2.60 bits per heavy atom. The molecular weight excluding hydrogens is 264 g/mol. The minimum Gasteiger partial charge on any atom is -0.383 e. The van der Waals surface area contributed by atoms with Gasteiger partial charge in [-0.25, -0.2) is 4.79 Å². The molecule has 2 heterocycles. The van der Waals surface area contributed by atoms with E-state index in [2.05, 4.69) is 4.98 Å². The monoisotopic (exact) mass is 284 g/mol. The molecule has 8 nitrogen and oxygen atoms in total. The fourth-order valence-corrected chi connectivity index (χ4v) is 2.42. The minimum absolute atomic E-state index is 0.205. The Bertz CT molecular complexity index is 533. The molecule has 0 aromatic carbocycles. The molecule has 20 heavy (non-hydrogen) atoms. The van der Waals surface area contributed by atoms with E-state index in [1.807, 2.05) is 0 Å². The highest BCUT2D eigenvalue weighted by Gasteiger charge is 2.46. The van der Waals surface area contributed by atoms with Crippen molar-refractivity contribution in [2.75, 3.05) is 26.5 Å². The number of hydrogen-bond acceptors (Lipinski definition) is 7. The molecule has 0 saturated carbocycles. The molecule has 4 N–H and O–H groups in total. The van der Waals surface area contributed by atoms with Crippen LogP contribution in [0.5, 0.6) is 0 Å². The van der Waals surface area contributed by atoms with Crippen molar-refractivity contribution >= 4 is 5.82 Å². The number of anilines is 1. The summed E-state index contributed by atoms with van der Waals surface area (Å²) >= 11 is 0. The zero-order chi connectivity index (χ0) is 14.9. The molecule has 0 bridgehead atoms. The summed E-state index contributed by atoms with van der Waals surface area (Å²) in [5, 5.41) is 0. The van der Waals surface area contributed by atoms with Gasteiger partial charge in [-0.15, -0.1) is 0 Å². The third-order valence-electron chi connectivity index (χ3n) is 3.51. The molecule has 1 fully saturated rings. The largest absolute Gasteiger partial charge is 0.383 e. The second kappa shape index (κ2) is 5.88. The van der Waals surface area contributed by atoms with Crippen LogP contribution in [-0.2, 0) is 14.2 Å². The van der Waals surface area contributed by atoms with Crippen LogP contribution in [0.25, 0.3) is 0 Å². The molecule has 4 atom stereocenters. The van der Waals surface area contributed by atoms with Crippen molar-refractivity contribution in [3.8, 4) is 0 Å². The van der Waals surface area contributed by atoms with Crippen molar-refractivity contribution in [1.82, 2.24) is 9.55 Å². The van der Waals surface area contributed by atoms with Gasteiger partial charge in [-0.05, 0) is 6.92 Å². The minimum atomic E-state index is -0.641. The lowest BCUT2D eigenvalue weighted by molar-refractivity contribution is -0.0550. The number of aromatic nitrogens is 2. The smallest absolute Gasteiger partial charge is 0.351 e. The van der Waals surface area contributed by atoms with E-state index in [0.717, 1.165) is 0 Å². The molecule has 8 heteroatoms. The first-order chi connectivity index (χ1) is 9.53. The maximum absolute atomic E-state index is 12.0. The van der Waals surface area contributed by atoms with Crippen LogP contribution in [0.15, 0.2) is 11.0 Å². The van der Waals surface area contributed by atoms with Crippen molar-refractivity contribution in [2.45, 2.75) is 31.5 Å². The molecule has 112 valence electrons. The topological polar surface area (TPSA) is 115 Å². The summed E-state index contributed by atoms with van der Waals surface area (Å²) < 4.78 is 17.9. The zero-order valence-corrected chi connectivity index (χ0v) is 11.8. The molecule has 0 aliphatic carbocycles. The van der Waals surface area contributed by atoms with Gasteiger partial charge in [-0.2, -0.15) is 4.98 Å². The summed E-state index contributed by atoms with van der Waals surface area (Å²) in [5.74, 6) is 0.205. The second-order valence-electron chi connectivity index (χ2n) is 4.70. The molecule has 1 aromatic rings. The lowest BCUT2D eigenvalue weighted by Gasteiger charge is -2.22. The van der Waals surface area contributed by atoms with Gasteiger partial charge < -0.3 is 25.7 Å². The van der Waals surface area contributed by atoms with E-state index < -0.39 is 18.0 Å². The number of nitrogens with zero attached hydrogens (tertiary/aromatic N) is 2. The van der Waals surface area contributed by atoms with Gasteiger partial charge in [0.2, 0.25) is 0 Å². The van der Waals surface area contributed by atoms with Gasteiger partial charge in [-0.1, -0.05) is 0 Å². The Labute approximate surface area is 116 Å². The number of ether oxygens (including phenoxy) is 3. The molecule has 2 rings (SSSR count). The fraction of sp³-hybridized carbons (Fsp3) is 0.667. The first kappa shape index (κ1) is 14.9. The van der Waals surface area contributed by atoms with Crippen LogP contribution in [0.4, 0.5) is 5.82 Å². The highest BCUT2D eigenvalue weighted by atomic mass is 16.6. The van der Waals surface area contributed by atoms with Crippen molar-refractivity contribution in [1.29, 1.82) is 0 Å². The summed E-state index contributed by atoms with van der Waals surface area (Å²) in [7, 11) is 3.09. The highest BCUT2D eigenvalue weighted by molar-refractivity contribution is 5.35. The van der Waals surface area contributed by atoms with Gasteiger partial charge in [0, 0.05) is 32.5 Å². The Morgan fingerprint density at radius 2 is 2.05 bits per heavy atom. The lowest BCUT2D eigenvalue weighted by Crippen LogP contribution is -2.39. The number of hydrogen-bond donors (Lipinski definition) is 2. The van der Waals surface area contributed by atoms with Crippen molar-refractivity contribution in [2.24, 2.45) is 5.73 Å². The molecular formula is C12H20N4O4. The maximum atomic E-state index is 12.0. The Balaban J connectivity index is 2.41. The van der Waals surface area contributed by atoms with E-state index in [-0.39, 0.29) is 24.6 Å². The standard InChI is InChI=1S/C12H20N4O4/c1-6-5-16(12(17)15-10(6)14)11-9(19-3)8(18-2)7(4-13)20-11/h5,7-9,11H,4,13H2,1-3H3,(H2,14,15,17). The van der Waals surface area contributed by atoms with Crippen LogP contribution < -0.4 is 17.2 Å². The molecule has 1 aliphatic rings. The predicted octanol–water partition coefficient (Wildman–Crippen LogP) is -0.980. The molecule has 1 saturated heterocycles. The molecule has 1 aliphatic heterocycles. The lowest BCUT2D eigenvalue weighted by atomic mass is 10.1. The number of rotatable bonds is 4. The quantitative estimate of drug-likeness (QED) is 0.730. The Morgan fingerprint density at radius 1 is 1.40 bits per heavy atom. The maximum Gasteiger partial charge on any atom is 0.351 e. The number of nitrogen functional groups attached to an aromatic ring is 1. The van der Waals surface area contributed by atoms with E-state index in [4.69, 9.17) is 25.7 Å². The van der Waals surface area contributed by atoms with Crippen molar-refractivity contribution < 1.29 is 14.2 Å². The Hall–Kier alpha value is -1.48. The summed E-state index contributed by atoms with van der Waals surface area (Å²) in [6.07, 6.45) is -0.180. The van der Waals surface area contributed by atoms with E-state index in [1.165, 1.54) is 11.7 Å². The van der Waals surface area contributed by atoms with Crippen molar-refractivity contribution in [3.05, 3.63) is 22.2 Å². The molecule has 0 spiro atoms. The first-order valence-electron chi connectivity index (χ1n) is 6.29. The summed E-state index contributed by atoms with van der Waals surface area (Å²) in [6, 6.07) is 0. The predicted molar refractivity (Wildman–Crippen MR) is 72.2 cm³/mol. The van der Waals surface area contributed by atoms with Crippen LogP contribution in [0.1, 0.15) is 11.8 Å². The second-order valence-corrected chi connectivity index (χ2v) is 4.70. The van der Waals surface area contributed by atoms with Crippen LogP contribution in [0.3, 0.4) is 0 Å². The molecule has 0 radical (unpaired) electrons. The molecule has 0 amide bonds. The van der Waals surface area contributed by atoms with Gasteiger partial charge in [-0.3, -0.25) is 4.57 Å². The molecule has 4 unspecified atom stereocenters. The van der Waals surface area contributed by atoms with Crippen LogP contribution in [0.2, 0.25) is 0 Å². The number of aryl methyl sites for hydroxylation is 1. The highest BCUT2D eigenvalue weighted by Crippen LogP contribution is 2.32. The van der Waals surface area contributed by atoms with Gasteiger partial charge in [0.15, 0.2) is 6.23 Å². The average Bonchev–Trinajstić information content (AvgIpc) is 2.80. The summed E-state index contributed by atoms with van der Waals surface area (Å²) in [6.45, 7) is 2.04. The average molecular weight is 284 g/mol. The van der Waals surface area contributed by atoms with Gasteiger partial charge in [0.25, 0.3) is 0 Å². The van der Waals surface area contributed by atoms with E-state index >= 15 is 0 Å². The summed E-state index contributed by atoms with van der Waals surface area (Å²) in [4.78, 5) is 15.8. The van der Waals surface area contributed by atoms with Crippen LogP contribution >= 0.6 is 0 Å². The van der Waals surface area contributed by atoms with E-state index in [1.54, 1.807) is 20.2 Å². The van der Waals surface area contributed by atoms with Crippen LogP contribution in [0, 0.1) is 6.92 Å².